The van der Waals surface area contributed by atoms with Gasteiger partial charge in [-0.2, -0.15) is 9.97 Å². The zero-order valence-corrected chi connectivity index (χ0v) is 9.31. The van der Waals surface area contributed by atoms with Crippen LogP contribution in [0.2, 0.25) is 0 Å². The van der Waals surface area contributed by atoms with E-state index in [4.69, 9.17) is 11.6 Å². The van der Waals surface area contributed by atoms with Crippen molar-refractivity contribution in [1.82, 2.24) is 15.3 Å². The summed E-state index contributed by atoms with van der Waals surface area (Å²) in [4.78, 5) is 21.2. The molecular formula is C9H15N7O. The Bertz CT molecular complexity index is 422. The minimum atomic E-state index is 0.0479. The number of rotatable bonds is 2. The number of carbonyl (C=O) groups is 1. The molecule has 1 saturated heterocycles. The van der Waals surface area contributed by atoms with Crippen LogP contribution in [0.4, 0.5) is 17.6 Å². The first-order chi connectivity index (χ1) is 8.19. The molecule has 92 valence electrons. The Labute approximate surface area is 98.4 Å². The summed E-state index contributed by atoms with van der Waals surface area (Å²) in [6.45, 7) is 1.88. The van der Waals surface area contributed by atoms with E-state index in [1.807, 2.05) is 4.90 Å². The summed E-state index contributed by atoms with van der Waals surface area (Å²) >= 11 is 0. The van der Waals surface area contributed by atoms with E-state index in [9.17, 15) is 4.79 Å². The van der Waals surface area contributed by atoms with Crippen molar-refractivity contribution in [2.45, 2.75) is 6.42 Å². The predicted molar refractivity (Wildman–Crippen MR) is 64.1 cm³/mol. The van der Waals surface area contributed by atoms with E-state index in [1.54, 1.807) is 6.07 Å². The molecule has 6 N–H and O–H groups in total. The molecule has 2 rings (SSSR count). The molecule has 0 spiro atoms. The van der Waals surface area contributed by atoms with Gasteiger partial charge in [-0.25, -0.2) is 5.84 Å². The first-order valence-electron chi connectivity index (χ1n) is 5.32. The van der Waals surface area contributed by atoms with Crippen LogP contribution < -0.4 is 27.2 Å². The Morgan fingerprint density at radius 2 is 2.24 bits per heavy atom. The van der Waals surface area contributed by atoms with E-state index < -0.39 is 0 Å². The van der Waals surface area contributed by atoms with Gasteiger partial charge < -0.3 is 21.4 Å². The Kier molecular flexibility index (Phi) is 3.24. The average molecular weight is 237 g/mol. The Morgan fingerprint density at radius 3 is 3.00 bits per heavy atom. The summed E-state index contributed by atoms with van der Waals surface area (Å²) in [5.74, 6) is 6.61. The van der Waals surface area contributed by atoms with Gasteiger partial charge >= 0.3 is 0 Å². The SMILES string of the molecule is NNc1cc(N2CCNC(=O)CC2)nc(N)n1. The van der Waals surface area contributed by atoms with Crippen LogP contribution in [0.15, 0.2) is 6.07 Å². The maximum atomic E-state index is 11.2. The number of carbonyl (C=O) groups excluding carboxylic acids is 1. The molecule has 1 aromatic rings. The minimum absolute atomic E-state index is 0.0479. The zero-order chi connectivity index (χ0) is 12.3. The van der Waals surface area contributed by atoms with Gasteiger partial charge in [-0.15, -0.1) is 0 Å². The van der Waals surface area contributed by atoms with Crippen LogP contribution in [0.1, 0.15) is 6.42 Å². The second-order valence-electron chi connectivity index (χ2n) is 3.70. The number of amides is 1. The zero-order valence-electron chi connectivity index (χ0n) is 9.31. The highest BCUT2D eigenvalue weighted by atomic mass is 16.1. The topological polar surface area (TPSA) is 122 Å². The lowest BCUT2D eigenvalue weighted by atomic mass is 10.3. The lowest BCUT2D eigenvalue weighted by Crippen LogP contribution is -2.29. The molecule has 1 fully saturated rings. The second kappa shape index (κ2) is 4.83. The average Bonchev–Trinajstić information content (AvgIpc) is 2.53. The molecule has 17 heavy (non-hydrogen) atoms. The number of nitrogen functional groups attached to an aromatic ring is 2. The highest BCUT2D eigenvalue weighted by molar-refractivity contribution is 5.77. The van der Waals surface area contributed by atoms with Gasteiger partial charge in [0.1, 0.15) is 11.6 Å². The van der Waals surface area contributed by atoms with Crippen molar-refractivity contribution in [1.29, 1.82) is 0 Å². The van der Waals surface area contributed by atoms with Crippen molar-refractivity contribution in [3.8, 4) is 0 Å². The van der Waals surface area contributed by atoms with Gasteiger partial charge in [0.15, 0.2) is 0 Å². The van der Waals surface area contributed by atoms with Gasteiger partial charge in [0.05, 0.1) is 0 Å². The molecule has 1 aromatic heterocycles. The number of hydrazine groups is 1. The van der Waals surface area contributed by atoms with E-state index in [0.717, 1.165) is 0 Å². The fraction of sp³-hybridized carbons (Fsp3) is 0.444. The summed E-state index contributed by atoms with van der Waals surface area (Å²) in [5, 5.41) is 2.79. The molecule has 8 nitrogen and oxygen atoms in total. The highest BCUT2D eigenvalue weighted by Crippen LogP contribution is 2.17. The van der Waals surface area contributed by atoms with Crippen molar-refractivity contribution < 1.29 is 4.79 Å². The molecule has 0 saturated carbocycles. The second-order valence-corrected chi connectivity index (χ2v) is 3.70. The lowest BCUT2D eigenvalue weighted by molar-refractivity contribution is -0.120. The smallest absolute Gasteiger partial charge is 0.223 e. The van der Waals surface area contributed by atoms with Crippen molar-refractivity contribution >= 4 is 23.5 Å². The maximum absolute atomic E-state index is 11.2. The van der Waals surface area contributed by atoms with E-state index in [1.165, 1.54) is 0 Å². The number of nitrogens with two attached hydrogens (primary N) is 2. The molecule has 0 radical (unpaired) electrons. The van der Waals surface area contributed by atoms with Crippen LogP contribution in [0.25, 0.3) is 0 Å². The van der Waals surface area contributed by atoms with Crippen molar-refractivity contribution in [3.63, 3.8) is 0 Å². The maximum Gasteiger partial charge on any atom is 0.223 e. The van der Waals surface area contributed by atoms with E-state index >= 15 is 0 Å². The summed E-state index contributed by atoms with van der Waals surface area (Å²) in [7, 11) is 0. The Balaban J connectivity index is 2.20. The minimum Gasteiger partial charge on any atom is -0.368 e. The van der Waals surface area contributed by atoms with E-state index in [-0.39, 0.29) is 11.9 Å². The highest BCUT2D eigenvalue weighted by Gasteiger charge is 2.15. The molecule has 0 unspecified atom stereocenters. The van der Waals surface area contributed by atoms with E-state index in [2.05, 4.69) is 20.7 Å². The molecule has 0 atom stereocenters. The van der Waals surface area contributed by atoms with Crippen LogP contribution in [-0.2, 0) is 4.79 Å². The third kappa shape index (κ3) is 2.72. The number of anilines is 3. The molecule has 2 heterocycles. The van der Waals surface area contributed by atoms with Crippen molar-refractivity contribution in [2.75, 3.05) is 35.7 Å². The number of nitrogens with zero attached hydrogens (tertiary/aromatic N) is 3. The van der Waals surface area contributed by atoms with Crippen LogP contribution in [0.3, 0.4) is 0 Å². The Hall–Kier alpha value is -2.09. The fourth-order valence-corrected chi connectivity index (χ4v) is 1.68. The fourth-order valence-electron chi connectivity index (χ4n) is 1.68. The first kappa shape index (κ1) is 11.4. The standard InChI is InChI=1S/C9H15N7O/c10-9-13-6(15-11)5-7(14-9)16-3-1-8(17)12-2-4-16/h5H,1-4,11H2,(H,12,17)(H3,10,13,14,15). The van der Waals surface area contributed by atoms with Crippen LogP contribution in [0.5, 0.6) is 0 Å². The Morgan fingerprint density at radius 1 is 1.41 bits per heavy atom. The number of nitrogens with one attached hydrogen (secondary N) is 2. The first-order valence-corrected chi connectivity index (χ1v) is 5.32. The molecule has 0 aromatic carbocycles. The molecule has 1 aliphatic rings. The van der Waals surface area contributed by atoms with Crippen molar-refractivity contribution in [2.24, 2.45) is 5.84 Å². The van der Waals surface area contributed by atoms with Gasteiger partial charge in [0, 0.05) is 32.1 Å². The lowest BCUT2D eigenvalue weighted by Gasteiger charge is -2.21. The number of aromatic nitrogens is 2. The third-order valence-corrected chi connectivity index (χ3v) is 2.51. The number of hydrogen-bond acceptors (Lipinski definition) is 7. The molecule has 0 bridgehead atoms. The van der Waals surface area contributed by atoms with E-state index in [0.29, 0.717) is 37.7 Å². The van der Waals surface area contributed by atoms with Crippen LogP contribution in [-0.4, -0.2) is 35.5 Å². The quantitative estimate of drug-likeness (QED) is 0.371. The summed E-state index contributed by atoms with van der Waals surface area (Å²) < 4.78 is 0. The molecule has 1 aliphatic heterocycles. The predicted octanol–water partition coefficient (Wildman–Crippen LogP) is -1.33. The van der Waals surface area contributed by atoms with Crippen LogP contribution in [0, 0.1) is 0 Å². The van der Waals surface area contributed by atoms with Gasteiger partial charge in [-0.3, -0.25) is 4.79 Å². The molecule has 8 heteroatoms. The summed E-state index contributed by atoms with van der Waals surface area (Å²) in [6, 6.07) is 1.70. The van der Waals surface area contributed by atoms with Gasteiger partial charge in [0.2, 0.25) is 11.9 Å². The van der Waals surface area contributed by atoms with Gasteiger partial charge in [-0.05, 0) is 0 Å². The summed E-state index contributed by atoms with van der Waals surface area (Å²) in [5.41, 5.74) is 8.01. The molecular weight excluding hydrogens is 222 g/mol. The van der Waals surface area contributed by atoms with Crippen molar-refractivity contribution in [3.05, 3.63) is 6.07 Å². The number of hydrogen-bond donors (Lipinski definition) is 4. The molecule has 0 aliphatic carbocycles. The third-order valence-electron chi connectivity index (χ3n) is 2.51. The van der Waals surface area contributed by atoms with Gasteiger partial charge in [0.25, 0.3) is 0 Å². The van der Waals surface area contributed by atoms with Gasteiger partial charge in [-0.1, -0.05) is 0 Å². The van der Waals surface area contributed by atoms with Crippen LogP contribution >= 0.6 is 0 Å². The molecule has 1 amide bonds. The largest absolute Gasteiger partial charge is 0.368 e. The monoisotopic (exact) mass is 237 g/mol. The normalized spacial score (nSPS) is 16.3. The summed E-state index contributed by atoms with van der Waals surface area (Å²) in [6.07, 6.45) is 0.440.